The van der Waals surface area contributed by atoms with Gasteiger partial charge < -0.3 is 10.4 Å². The molecule has 0 aliphatic carbocycles. The van der Waals surface area contributed by atoms with Crippen LogP contribution in [0.25, 0.3) is 10.9 Å². The van der Waals surface area contributed by atoms with Crippen molar-refractivity contribution in [3.63, 3.8) is 0 Å². The average Bonchev–Trinajstić information content (AvgIpc) is 2.56. The quantitative estimate of drug-likeness (QED) is 0.853. The summed E-state index contributed by atoms with van der Waals surface area (Å²) in [6.07, 6.45) is 1.79. The highest BCUT2D eigenvalue weighted by molar-refractivity contribution is 5.86. The van der Waals surface area contributed by atoms with E-state index in [1.54, 1.807) is 6.07 Å². The molecule has 0 bridgehead atoms. The molecule has 0 radical (unpaired) electrons. The fourth-order valence-electron chi connectivity index (χ4n) is 2.42. The number of hydrogen-bond acceptors (Lipinski definition) is 4. The zero-order valence-electron chi connectivity index (χ0n) is 12.6. The van der Waals surface area contributed by atoms with E-state index in [1.165, 1.54) is 0 Å². The van der Waals surface area contributed by atoms with E-state index in [9.17, 15) is 10.4 Å². The lowest BCUT2D eigenvalue weighted by Crippen LogP contribution is -2.32. The van der Waals surface area contributed by atoms with Crippen molar-refractivity contribution in [1.82, 2.24) is 4.98 Å². The Balaban J connectivity index is 2.29. The number of nitrogens with zero attached hydrogens (tertiary/aromatic N) is 2. The Morgan fingerprint density at radius 3 is 2.62 bits per heavy atom. The number of rotatable bonds is 6. The first-order valence-corrected chi connectivity index (χ1v) is 7.32. The number of aromatic nitrogens is 1. The summed E-state index contributed by atoms with van der Waals surface area (Å²) in [5, 5.41) is 23.0. The molecule has 0 atom stereocenters. The standard InChI is InChI=1S/C17H21N3O/c1-3-17(4-2,12-21)11-19-16-9-13(10-18)14-7-5-6-8-15(14)20-16/h5-9,21H,3-4,11-12H2,1-2H3,(H,19,20). The van der Waals surface area contributed by atoms with Crippen molar-refractivity contribution in [2.75, 3.05) is 18.5 Å². The lowest BCUT2D eigenvalue weighted by atomic mass is 9.83. The molecule has 21 heavy (non-hydrogen) atoms. The zero-order chi connectivity index (χ0) is 15.3. The Labute approximate surface area is 125 Å². The molecule has 2 N–H and O–H groups in total. The van der Waals surface area contributed by atoms with Crippen molar-refractivity contribution in [1.29, 1.82) is 5.26 Å². The Morgan fingerprint density at radius 2 is 2.00 bits per heavy atom. The number of nitrogens with one attached hydrogen (secondary N) is 1. The van der Waals surface area contributed by atoms with Gasteiger partial charge in [-0.25, -0.2) is 4.98 Å². The van der Waals surface area contributed by atoms with Gasteiger partial charge in [-0.2, -0.15) is 5.26 Å². The summed E-state index contributed by atoms with van der Waals surface area (Å²) in [7, 11) is 0. The monoisotopic (exact) mass is 283 g/mol. The summed E-state index contributed by atoms with van der Waals surface area (Å²) >= 11 is 0. The van der Waals surface area contributed by atoms with E-state index in [-0.39, 0.29) is 12.0 Å². The number of hydrogen-bond donors (Lipinski definition) is 2. The molecule has 4 nitrogen and oxygen atoms in total. The third-order valence-electron chi connectivity index (χ3n) is 4.32. The van der Waals surface area contributed by atoms with Crippen LogP contribution in [-0.4, -0.2) is 23.2 Å². The van der Waals surface area contributed by atoms with E-state index in [4.69, 9.17) is 0 Å². The van der Waals surface area contributed by atoms with Crippen LogP contribution < -0.4 is 5.32 Å². The van der Waals surface area contributed by atoms with Gasteiger partial charge in [0, 0.05) is 17.3 Å². The highest BCUT2D eigenvalue weighted by Gasteiger charge is 2.25. The van der Waals surface area contributed by atoms with Gasteiger partial charge in [0.1, 0.15) is 5.82 Å². The third kappa shape index (κ3) is 3.14. The summed E-state index contributed by atoms with van der Waals surface area (Å²) in [5.74, 6) is 0.685. The zero-order valence-corrected chi connectivity index (χ0v) is 12.6. The Morgan fingerprint density at radius 1 is 1.29 bits per heavy atom. The molecule has 0 fully saturated rings. The van der Waals surface area contributed by atoms with Gasteiger partial charge >= 0.3 is 0 Å². The maximum absolute atomic E-state index is 9.61. The molecule has 0 unspecified atom stereocenters. The molecule has 2 aromatic rings. The molecule has 2 rings (SSSR count). The number of pyridine rings is 1. The van der Waals surface area contributed by atoms with Crippen LogP contribution >= 0.6 is 0 Å². The Bertz CT molecular complexity index is 648. The van der Waals surface area contributed by atoms with Crippen molar-refractivity contribution in [3.05, 3.63) is 35.9 Å². The molecular weight excluding hydrogens is 262 g/mol. The number of aliphatic hydroxyl groups is 1. The first-order chi connectivity index (χ1) is 10.2. The van der Waals surface area contributed by atoms with E-state index in [1.807, 2.05) is 24.3 Å². The molecule has 0 aliphatic rings. The minimum absolute atomic E-state index is 0.139. The largest absolute Gasteiger partial charge is 0.396 e. The molecule has 0 spiro atoms. The van der Waals surface area contributed by atoms with Crippen molar-refractivity contribution in [3.8, 4) is 6.07 Å². The van der Waals surface area contributed by atoms with Crippen LogP contribution in [-0.2, 0) is 0 Å². The number of benzene rings is 1. The molecule has 110 valence electrons. The van der Waals surface area contributed by atoms with Gasteiger partial charge in [0.15, 0.2) is 0 Å². The Kier molecular flexibility index (Phi) is 4.77. The lowest BCUT2D eigenvalue weighted by Gasteiger charge is -2.29. The van der Waals surface area contributed by atoms with Crippen LogP contribution in [0.1, 0.15) is 32.3 Å². The average molecular weight is 283 g/mol. The molecule has 1 heterocycles. The van der Waals surface area contributed by atoms with Crippen molar-refractivity contribution in [2.45, 2.75) is 26.7 Å². The van der Waals surface area contributed by atoms with Crippen LogP contribution in [0.4, 0.5) is 5.82 Å². The predicted molar refractivity (Wildman–Crippen MR) is 85.0 cm³/mol. The molecule has 1 aromatic heterocycles. The number of nitriles is 1. The van der Waals surface area contributed by atoms with E-state index in [2.05, 4.69) is 30.2 Å². The molecule has 0 amide bonds. The van der Waals surface area contributed by atoms with Crippen molar-refractivity contribution < 1.29 is 5.11 Å². The minimum atomic E-state index is -0.139. The number of aliphatic hydroxyl groups excluding tert-OH is 1. The predicted octanol–water partition coefficient (Wildman–Crippen LogP) is 3.32. The maximum atomic E-state index is 9.61. The van der Waals surface area contributed by atoms with Crippen LogP contribution in [0, 0.1) is 16.7 Å². The van der Waals surface area contributed by atoms with Crippen LogP contribution in [0.3, 0.4) is 0 Å². The highest BCUT2D eigenvalue weighted by atomic mass is 16.3. The van der Waals surface area contributed by atoms with Crippen LogP contribution in [0.2, 0.25) is 0 Å². The maximum Gasteiger partial charge on any atom is 0.128 e. The topological polar surface area (TPSA) is 68.9 Å². The number of fused-ring (bicyclic) bond motifs is 1. The van der Waals surface area contributed by atoms with Gasteiger partial charge in [-0.1, -0.05) is 32.0 Å². The SMILES string of the molecule is CCC(CC)(CO)CNc1cc(C#N)c2ccccc2n1. The van der Waals surface area contributed by atoms with Gasteiger partial charge in [-0.15, -0.1) is 0 Å². The smallest absolute Gasteiger partial charge is 0.128 e. The molecule has 4 heteroatoms. The Hall–Kier alpha value is -2.12. The third-order valence-corrected chi connectivity index (χ3v) is 4.32. The van der Waals surface area contributed by atoms with E-state index in [0.717, 1.165) is 23.7 Å². The minimum Gasteiger partial charge on any atom is -0.396 e. The molecular formula is C17H21N3O. The summed E-state index contributed by atoms with van der Waals surface area (Å²) in [5.41, 5.74) is 1.28. The first-order valence-electron chi connectivity index (χ1n) is 7.32. The van der Waals surface area contributed by atoms with E-state index < -0.39 is 0 Å². The second-order valence-electron chi connectivity index (χ2n) is 5.40. The second-order valence-corrected chi connectivity index (χ2v) is 5.40. The van der Waals surface area contributed by atoms with E-state index >= 15 is 0 Å². The van der Waals surface area contributed by atoms with Gasteiger partial charge in [0.2, 0.25) is 0 Å². The lowest BCUT2D eigenvalue weighted by molar-refractivity contribution is 0.127. The number of para-hydroxylation sites is 1. The fourth-order valence-corrected chi connectivity index (χ4v) is 2.42. The summed E-state index contributed by atoms with van der Waals surface area (Å²) < 4.78 is 0. The fraction of sp³-hybridized carbons (Fsp3) is 0.412. The first kappa shape index (κ1) is 15.3. The molecule has 0 aliphatic heterocycles. The normalized spacial score (nSPS) is 11.3. The van der Waals surface area contributed by atoms with Gasteiger partial charge in [0.05, 0.1) is 23.8 Å². The van der Waals surface area contributed by atoms with Gasteiger partial charge in [-0.05, 0) is 25.0 Å². The summed E-state index contributed by atoms with van der Waals surface area (Å²) in [4.78, 5) is 4.55. The van der Waals surface area contributed by atoms with Crippen molar-refractivity contribution in [2.24, 2.45) is 5.41 Å². The number of anilines is 1. The summed E-state index contributed by atoms with van der Waals surface area (Å²) in [6.45, 7) is 4.95. The highest BCUT2D eigenvalue weighted by Crippen LogP contribution is 2.27. The van der Waals surface area contributed by atoms with E-state index in [0.29, 0.717) is 17.9 Å². The summed E-state index contributed by atoms with van der Waals surface area (Å²) in [6, 6.07) is 11.6. The van der Waals surface area contributed by atoms with Gasteiger partial charge in [-0.3, -0.25) is 0 Å². The van der Waals surface area contributed by atoms with Crippen LogP contribution in [0.5, 0.6) is 0 Å². The molecule has 0 saturated carbocycles. The van der Waals surface area contributed by atoms with Gasteiger partial charge in [0.25, 0.3) is 0 Å². The molecule has 1 aromatic carbocycles. The molecule has 0 saturated heterocycles. The second kappa shape index (κ2) is 6.55. The van der Waals surface area contributed by atoms with Crippen LogP contribution in [0.15, 0.2) is 30.3 Å². The van der Waals surface area contributed by atoms with Crippen molar-refractivity contribution >= 4 is 16.7 Å².